The van der Waals surface area contributed by atoms with Crippen molar-refractivity contribution in [3.05, 3.63) is 47.3 Å². The molecule has 0 heterocycles. The first kappa shape index (κ1) is 18.3. The van der Waals surface area contributed by atoms with Crippen LogP contribution in [-0.2, 0) is 0 Å². The van der Waals surface area contributed by atoms with Crippen molar-refractivity contribution in [1.29, 1.82) is 5.26 Å². The van der Waals surface area contributed by atoms with Crippen molar-refractivity contribution in [2.75, 3.05) is 0 Å². The molecule has 1 saturated carbocycles. The summed E-state index contributed by atoms with van der Waals surface area (Å²) in [4.78, 5) is 0. The van der Waals surface area contributed by atoms with E-state index in [2.05, 4.69) is 24.8 Å². The Balaban J connectivity index is 1.78. The lowest BCUT2D eigenvalue weighted by molar-refractivity contribution is 0.289. The number of rotatable bonds is 5. The molecule has 1 fully saturated rings. The molecule has 126 valence electrons. The fourth-order valence-electron chi connectivity index (χ4n) is 3.35. The lowest BCUT2D eigenvalue weighted by Crippen LogP contribution is -2.12. The number of hydrogen-bond acceptors (Lipinski definition) is 1. The third kappa shape index (κ3) is 5.86. The summed E-state index contributed by atoms with van der Waals surface area (Å²) in [5.74, 6) is 6.98. The van der Waals surface area contributed by atoms with Crippen LogP contribution in [0.3, 0.4) is 0 Å². The largest absolute Gasteiger partial charge is 0.206 e. The molecule has 0 radical (unpaired) electrons. The van der Waals surface area contributed by atoms with Crippen LogP contribution in [0.2, 0.25) is 0 Å². The average molecular weight is 323 g/mol. The SMILES string of the molecule is CCCCCC1CCC(C=CC#Cc2ccc(C#N)c(F)c2)CC1. The van der Waals surface area contributed by atoms with E-state index < -0.39 is 5.82 Å². The maximum Gasteiger partial charge on any atom is 0.142 e. The maximum atomic E-state index is 13.5. The first-order chi connectivity index (χ1) is 11.7. The molecule has 1 aromatic rings. The maximum absolute atomic E-state index is 13.5. The Hall–Kier alpha value is -2.06. The number of nitriles is 1. The van der Waals surface area contributed by atoms with Gasteiger partial charge in [-0.25, -0.2) is 4.39 Å². The van der Waals surface area contributed by atoms with Crippen molar-refractivity contribution in [1.82, 2.24) is 0 Å². The second-order valence-corrected chi connectivity index (χ2v) is 6.71. The fourth-order valence-corrected chi connectivity index (χ4v) is 3.35. The third-order valence-electron chi connectivity index (χ3n) is 4.87. The van der Waals surface area contributed by atoms with Gasteiger partial charge in [0.25, 0.3) is 0 Å². The normalized spacial score (nSPS) is 20.4. The summed E-state index contributed by atoms with van der Waals surface area (Å²) >= 11 is 0. The first-order valence-corrected chi connectivity index (χ1v) is 9.10. The molecule has 0 atom stereocenters. The van der Waals surface area contributed by atoms with Crippen LogP contribution >= 0.6 is 0 Å². The van der Waals surface area contributed by atoms with Gasteiger partial charge in [-0.2, -0.15) is 5.26 Å². The van der Waals surface area contributed by atoms with Gasteiger partial charge in [0.2, 0.25) is 0 Å². The van der Waals surface area contributed by atoms with E-state index in [0.29, 0.717) is 11.5 Å². The molecule has 2 heteroatoms. The van der Waals surface area contributed by atoms with E-state index in [1.54, 1.807) is 6.07 Å². The molecule has 24 heavy (non-hydrogen) atoms. The van der Waals surface area contributed by atoms with Crippen LogP contribution in [0.25, 0.3) is 0 Å². The third-order valence-corrected chi connectivity index (χ3v) is 4.87. The number of nitrogens with zero attached hydrogens (tertiary/aromatic N) is 1. The topological polar surface area (TPSA) is 23.8 Å². The van der Waals surface area contributed by atoms with E-state index in [1.807, 2.05) is 12.1 Å². The summed E-state index contributed by atoms with van der Waals surface area (Å²) in [6, 6.07) is 6.29. The molecular formula is C22H26FN. The van der Waals surface area contributed by atoms with Crippen molar-refractivity contribution >= 4 is 0 Å². The molecule has 0 bridgehead atoms. The Bertz CT molecular complexity index is 649. The molecule has 0 amide bonds. The summed E-state index contributed by atoms with van der Waals surface area (Å²) in [7, 11) is 0. The highest BCUT2D eigenvalue weighted by molar-refractivity contribution is 5.42. The van der Waals surface area contributed by atoms with Crippen molar-refractivity contribution in [3.63, 3.8) is 0 Å². The van der Waals surface area contributed by atoms with Crippen molar-refractivity contribution in [2.45, 2.75) is 58.3 Å². The van der Waals surface area contributed by atoms with Gasteiger partial charge >= 0.3 is 0 Å². The fraction of sp³-hybridized carbons (Fsp3) is 0.500. The van der Waals surface area contributed by atoms with Crippen LogP contribution in [0.4, 0.5) is 4.39 Å². The van der Waals surface area contributed by atoms with Gasteiger partial charge in [-0.15, -0.1) is 0 Å². The Morgan fingerprint density at radius 2 is 2.00 bits per heavy atom. The van der Waals surface area contributed by atoms with Gasteiger partial charge in [-0.1, -0.05) is 50.5 Å². The van der Waals surface area contributed by atoms with Gasteiger partial charge in [0.1, 0.15) is 11.9 Å². The molecule has 2 rings (SSSR count). The lowest BCUT2D eigenvalue weighted by Gasteiger charge is -2.26. The average Bonchev–Trinajstić information content (AvgIpc) is 2.60. The highest BCUT2D eigenvalue weighted by Crippen LogP contribution is 2.32. The smallest absolute Gasteiger partial charge is 0.142 e. The second-order valence-electron chi connectivity index (χ2n) is 6.71. The highest BCUT2D eigenvalue weighted by Gasteiger charge is 2.18. The van der Waals surface area contributed by atoms with Crippen molar-refractivity contribution in [3.8, 4) is 17.9 Å². The molecule has 1 aliphatic carbocycles. The minimum Gasteiger partial charge on any atom is -0.206 e. The number of halogens is 1. The summed E-state index contributed by atoms with van der Waals surface area (Å²) in [5, 5.41) is 8.71. The van der Waals surface area contributed by atoms with E-state index in [0.717, 1.165) is 5.92 Å². The monoisotopic (exact) mass is 323 g/mol. The molecule has 1 nitrogen and oxygen atoms in total. The predicted octanol–water partition coefficient (Wildman–Crippen LogP) is 5.99. The van der Waals surface area contributed by atoms with Gasteiger partial charge in [0.15, 0.2) is 0 Å². The first-order valence-electron chi connectivity index (χ1n) is 9.10. The van der Waals surface area contributed by atoms with Crippen molar-refractivity contribution in [2.24, 2.45) is 11.8 Å². The van der Waals surface area contributed by atoms with Gasteiger partial charge in [-0.3, -0.25) is 0 Å². The molecule has 0 aromatic heterocycles. The predicted molar refractivity (Wildman–Crippen MR) is 96.7 cm³/mol. The summed E-state index contributed by atoms with van der Waals surface area (Å²) in [6.07, 6.45) is 14.8. The van der Waals surface area contributed by atoms with Gasteiger partial charge < -0.3 is 0 Å². The zero-order chi connectivity index (χ0) is 17.2. The van der Waals surface area contributed by atoms with Crippen LogP contribution in [0.15, 0.2) is 30.4 Å². The summed E-state index contributed by atoms with van der Waals surface area (Å²) in [5.41, 5.74) is 0.669. The van der Waals surface area contributed by atoms with Crippen LogP contribution in [0, 0.1) is 40.8 Å². The van der Waals surface area contributed by atoms with Crippen molar-refractivity contribution < 1.29 is 4.39 Å². The van der Waals surface area contributed by atoms with Crippen LogP contribution in [0.5, 0.6) is 0 Å². The Labute approximate surface area is 145 Å². The Morgan fingerprint density at radius 1 is 1.21 bits per heavy atom. The van der Waals surface area contributed by atoms with Gasteiger partial charge in [-0.05, 0) is 61.8 Å². The van der Waals surface area contributed by atoms with Crippen LogP contribution in [0.1, 0.15) is 69.4 Å². The Morgan fingerprint density at radius 3 is 2.67 bits per heavy atom. The van der Waals surface area contributed by atoms with E-state index in [1.165, 1.54) is 63.5 Å². The van der Waals surface area contributed by atoms with E-state index >= 15 is 0 Å². The molecule has 1 aromatic carbocycles. The molecule has 0 aliphatic heterocycles. The molecule has 0 saturated heterocycles. The van der Waals surface area contributed by atoms with E-state index in [4.69, 9.17) is 5.26 Å². The van der Waals surface area contributed by atoms with E-state index in [9.17, 15) is 4.39 Å². The second kappa shape index (κ2) is 9.94. The highest BCUT2D eigenvalue weighted by atomic mass is 19.1. The zero-order valence-corrected chi connectivity index (χ0v) is 14.5. The van der Waals surface area contributed by atoms with Crippen LogP contribution in [-0.4, -0.2) is 0 Å². The minimum atomic E-state index is -0.505. The number of hydrogen-bond donors (Lipinski definition) is 0. The van der Waals surface area contributed by atoms with E-state index in [-0.39, 0.29) is 5.56 Å². The van der Waals surface area contributed by atoms with Gasteiger partial charge in [0, 0.05) is 5.56 Å². The number of allylic oxidation sites excluding steroid dienone is 2. The molecule has 0 spiro atoms. The lowest BCUT2D eigenvalue weighted by atomic mass is 9.79. The molecule has 0 unspecified atom stereocenters. The summed E-state index contributed by atoms with van der Waals surface area (Å²) < 4.78 is 13.5. The standard InChI is InChI=1S/C22H26FN/c1-2-3-4-7-18-10-12-19(13-11-18)8-5-6-9-20-14-15-21(17-24)22(23)16-20/h5,8,14-16,18-19H,2-4,7,10-13H2,1H3. The Kier molecular flexibility index (Phi) is 7.57. The minimum absolute atomic E-state index is 0.0618. The molecular weight excluding hydrogens is 297 g/mol. The number of benzene rings is 1. The zero-order valence-electron chi connectivity index (χ0n) is 14.5. The van der Waals surface area contributed by atoms with Crippen LogP contribution < -0.4 is 0 Å². The quantitative estimate of drug-likeness (QED) is 0.482. The molecule has 0 N–H and O–H groups in total. The summed E-state index contributed by atoms with van der Waals surface area (Å²) in [6.45, 7) is 2.26. The molecule has 1 aliphatic rings. The number of unbranched alkanes of at least 4 members (excludes halogenated alkanes) is 2. The van der Waals surface area contributed by atoms with Gasteiger partial charge in [0.05, 0.1) is 5.56 Å².